The van der Waals surface area contributed by atoms with Crippen molar-refractivity contribution in [1.29, 1.82) is 0 Å². The van der Waals surface area contributed by atoms with Gasteiger partial charge in [0.2, 0.25) is 0 Å². The molecule has 0 saturated heterocycles. The van der Waals surface area contributed by atoms with Crippen molar-refractivity contribution in [2.24, 2.45) is 0 Å². The molecule has 0 saturated carbocycles. The van der Waals surface area contributed by atoms with E-state index in [1.54, 1.807) is 0 Å². The molecule has 252 valence electrons. The van der Waals surface area contributed by atoms with Gasteiger partial charge in [-0.15, -0.1) is 0 Å². The zero-order chi connectivity index (χ0) is 35.8. The summed E-state index contributed by atoms with van der Waals surface area (Å²) < 4.78 is 0. The van der Waals surface area contributed by atoms with Gasteiger partial charge in [0.05, 0.1) is 11.2 Å². The van der Waals surface area contributed by atoms with E-state index in [4.69, 9.17) is 19.9 Å². The van der Waals surface area contributed by atoms with Crippen LogP contribution in [0.1, 0.15) is 0 Å². The van der Waals surface area contributed by atoms with Gasteiger partial charge in [0.1, 0.15) is 0 Å². The molecule has 0 aliphatic heterocycles. The minimum Gasteiger partial charge on any atom is -0.264 e. The van der Waals surface area contributed by atoms with Crippen LogP contribution in [0.3, 0.4) is 0 Å². The van der Waals surface area contributed by atoms with Crippen LogP contribution in [0.4, 0.5) is 0 Å². The maximum Gasteiger partial charge on any atom is 0.164 e. The van der Waals surface area contributed by atoms with Crippen molar-refractivity contribution in [2.45, 2.75) is 0 Å². The van der Waals surface area contributed by atoms with Gasteiger partial charge in [-0.3, -0.25) is 4.98 Å². The van der Waals surface area contributed by atoms with Crippen LogP contribution in [0, 0.1) is 0 Å². The Bertz CT molecular complexity index is 2920. The standard InChI is InChI=1S/C49H31N5/c1-3-13-35(14-4-1)47-52-48(36-15-5-2-6-16-36)54-49(53-47)39-29-37(28-38(30-39)41-20-11-17-33-12-7-8-18-40(33)41)32-22-24-34(25-23-32)46-44-31-50-27-26-42(44)43-19-9-10-21-45(43)51-46/h1-31H. The highest BCUT2D eigenvalue weighted by Crippen LogP contribution is 2.38. The molecule has 5 heteroatoms. The minimum atomic E-state index is 0.613. The van der Waals surface area contributed by atoms with Crippen LogP contribution in [0.25, 0.3) is 100 Å². The van der Waals surface area contributed by atoms with Crippen molar-refractivity contribution in [3.05, 3.63) is 188 Å². The molecule has 3 aromatic heterocycles. The summed E-state index contributed by atoms with van der Waals surface area (Å²) >= 11 is 0. The minimum absolute atomic E-state index is 0.613. The highest BCUT2D eigenvalue weighted by molar-refractivity contribution is 6.10. The average Bonchev–Trinajstić information content (AvgIpc) is 3.26. The molecule has 10 rings (SSSR count). The van der Waals surface area contributed by atoms with E-state index in [-0.39, 0.29) is 0 Å². The molecule has 0 N–H and O–H groups in total. The summed E-state index contributed by atoms with van der Waals surface area (Å²) in [5, 5.41) is 5.67. The third kappa shape index (κ3) is 5.74. The quantitative estimate of drug-likeness (QED) is 0.163. The van der Waals surface area contributed by atoms with Crippen molar-refractivity contribution in [2.75, 3.05) is 0 Å². The molecular weight excluding hydrogens is 659 g/mol. The predicted octanol–water partition coefficient (Wildman–Crippen LogP) is 12.1. The van der Waals surface area contributed by atoms with E-state index in [2.05, 4.69) is 114 Å². The molecule has 0 fully saturated rings. The lowest BCUT2D eigenvalue weighted by Gasteiger charge is -2.14. The molecule has 0 radical (unpaired) electrons. The summed E-state index contributed by atoms with van der Waals surface area (Å²) in [6, 6.07) is 60.9. The highest BCUT2D eigenvalue weighted by atomic mass is 15.0. The maximum atomic E-state index is 5.12. The van der Waals surface area contributed by atoms with Gasteiger partial charge in [0, 0.05) is 45.4 Å². The van der Waals surface area contributed by atoms with Gasteiger partial charge >= 0.3 is 0 Å². The van der Waals surface area contributed by atoms with Crippen molar-refractivity contribution in [3.8, 4) is 67.7 Å². The molecule has 10 aromatic rings. The molecule has 0 atom stereocenters. The number of fused-ring (bicyclic) bond motifs is 4. The van der Waals surface area contributed by atoms with Gasteiger partial charge in [-0.05, 0) is 68.7 Å². The van der Waals surface area contributed by atoms with Crippen molar-refractivity contribution < 1.29 is 0 Å². The maximum absolute atomic E-state index is 5.12. The molecule has 0 aliphatic rings. The van der Waals surface area contributed by atoms with E-state index < -0.39 is 0 Å². The summed E-state index contributed by atoms with van der Waals surface area (Å²) in [6.07, 6.45) is 3.76. The van der Waals surface area contributed by atoms with Crippen LogP contribution >= 0.6 is 0 Å². The van der Waals surface area contributed by atoms with Crippen molar-refractivity contribution >= 4 is 32.4 Å². The van der Waals surface area contributed by atoms with Crippen LogP contribution < -0.4 is 0 Å². The monoisotopic (exact) mass is 689 g/mol. The fourth-order valence-corrected chi connectivity index (χ4v) is 7.33. The summed E-state index contributed by atoms with van der Waals surface area (Å²) in [7, 11) is 0. The molecule has 5 nitrogen and oxygen atoms in total. The van der Waals surface area contributed by atoms with Gasteiger partial charge in [-0.1, -0.05) is 146 Å². The lowest BCUT2D eigenvalue weighted by atomic mass is 9.92. The Hall–Kier alpha value is -7.37. The number of para-hydroxylation sites is 1. The van der Waals surface area contributed by atoms with Crippen LogP contribution in [0.15, 0.2) is 188 Å². The van der Waals surface area contributed by atoms with Crippen LogP contribution in [0.2, 0.25) is 0 Å². The molecule has 7 aromatic carbocycles. The number of rotatable bonds is 6. The fraction of sp³-hybridized carbons (Fsp3) is 0. The Kier molecular flexibility index (Phi) is 7.73. The van der Waals surface area contributed by atoms with Gasteiger partial charge in [0.15, 0.2) is 17.5 Å². The van der Waals surface area contributed by atoms with E-state index in [1.165, 1.54) is 10.8 Å². The average molecular weight is 690 g/mol. The summed E-state index contributed by atoms with van der Waals surface area (Å²) in [4.78, 5) is 24.7. The Balaban J connectivity index is 1.16. The number of pyridine rings is 2. The van der Waals surface area contributed by atoms with E-state index in [1.807, 2.05) is 79.1 Å². The van der Waals surface area contributed by atoms with Gasteiger partial charge in [0.25, 0.3) is 0 Å². The Morgan fingerprint density at radius 2 is 0.889 bits per heavy atom. The second-order valence-corrected chi connectivity index (χ2v) is 13.3. The Labute approximate surface area is 312 Å². The smallest absolute Gasteiger partial charge is 0.164 e. The number of benzene rings is 7. The molecule has 0 spiro atoms. The fourth-order valence-electron chi connectivity index (χ4n) is 7.33. The van der Waals surface area contributed by atoms with Crippen molar-refractivity contribution in [3.63, 3.8) is 0 Å². The van der Waals surface area contributed by atoms with Gasteiger partial charge in [-0.25, -0.2) is 19.9 Å². The van der Waals surface area contributed by atoms with E-state index in [0.29, 0.717) is 17.5 Å². The second-order valence-electron chi connectivity index (χ2n) is 13.3. The number of aromatic nitrogens is 5. The first-order chi connectivity index (χ1) is 26.7. The molecule has 0 amide bonds. The number of hydrogen-bond donors (Lipinski definition) is 0. The molecule has 3 heterocycles. The van der Waals surface area contributed by atoms with E-state index in [0.717, 1.165) is 71.9 Å². The van der Waals surface area contributed by atoms with Crippen LogP contribution in [0.5, 0.6) is 0 Å². The van der Waals surface area contributed by atoms with E-state index in [9.17, 15) is 0 Å². The largest absolute Gasteiger partial charge is 0.264 e. The van der Waals surface area contributed by atoms with Gasteiger partial charge < -0.3 is 0 Å². The normalized spacial score (nSPS) is 11.3. The highest BCUT2D eigenvalue weighted by Gasteiger charge is 2.16. The van der Waals surface area contributed by atoms with E-state index >= 15 is 0 Å². The zero-order valence-electron chi connectivity index (χ0n) is 29.1. The number of hydrogen-bond acceptors (Lipinski definition) is 5. The van der Waals surface area contributed by atoms with Crippen LogP contribution in [-0.4, -0.2) is 24.9 Å². The first-order valence-electron chi connectivity index (χ1n) is 18.0. The molecule has 0 aliphatic carbocycles. The van der Waals surface area contributed by atoms with Crippen LogP contribution in [-0.2, 0) is 0 Å². The molecular formula is C49H31N5. The first kappa shape index (κ1) is 31.4. The third-order valence-corrected chi connectivity index (χ3v) is 9.99. The lowest BCUT2D eigenvalue weighted by molar-refractivity contribution is 1.07. The van der Waals surface area contributed by atoms with Crippen molar-refractivity contribution in [1.82, 2.24) is 24.9 Å². The Morgan fingerprint density at radius 3 is 1.63 bits per heavy atom. The summed E-state index contributed by atoms with van der Waals surface area (Å²) in [5.74, 6) is 1.87. The summed E-state index contributed by atoms with van der Waals surface area (Å²) in [5.41, 5.74) is 10.1. The molecule has 0 bridgehead atoms. The summed E-state index contributed by atoms with van der Waals surface area (Å²) in [6.45, 7) is 0. The third-order valence-electron chi connectivity index (χ3n) is 9.99. The predicted molar refractivity (Wildman–Crippen MR) is 221 cm³/mol. The first-order valence-corrected chi connectivity index (χ1v) is 18.0. The molecule has 54 heavy (non-hydrogen) atoms. The zero-order valence-corrected chi connectivity index (χ0v) is 29.1. The lowest BCUT2D eigenvalue weighted by Crippen LogP contribution is -2.00. The topological polar surface area (TPSA) is 64.5 Å². The molecule has 0 unspecified atom stereocenters. The second kappa shape index (κ2) is 13.3. The number of nitrogens with zero attached hydrogens (tertiary/aromatic N) is 5. The van der Waals surface area contributed by atoms with Gasteiger partial charge in [-0.2, -0.15) is 0 Å². The SMILES string of the molecule is c1ccc(-c2nc(-c3ccccc3)nc(-c3cc(-c4ccc(-c5nc6ccccc6c6ccncc56)cc4)cc(-c4cccc5ccccc45)c3)n2)cc1. The Morgan fingerprint density at radius 1 is 0.315 bits per heavy atom.